The Bertz CT molecular complexity index is 430. The number of hydrogen-bond acceptors (Lipinski definition) is 4. The van der Waals surface area contributed by atoms with E-state index < -0.39 is 7.12 Å². The molecule has 3 N–H and O–H groups in total. The maximum absolute atomic E-state index is 9.93. The summed E-state index contributed by atoms with van der Waals surface area (Å²) in [5.41, 5.74) is 6.99. The fourth-order valence-electron chi connectivity index (χ4n) is 2.09. The number of halogens is 1. The molecule has 0 radical (unpaired) electrons. The van der Waals surface area contributed by atoms with Gasteiger partial charge in [-0.1, -0.05) is 24.9 Å². The van der Waals surface area contributed by atoms with Crippen LogP contribution in [0.15, 0.2) is 12.1 Å². The third-order valence-electron chi connectivity index (χ3n) is 3.03. The fourth-order valence-corrected chi connectivity index (χ4v) is 2.38. The van der Waals surface area contributed by atoms with Crippen molar-refractivity contribution in [3.05, 3.63) is 22.7 Å². The topological polar surface area (TPSA) is 64.7 Å². The fraction of sp³-hybridized carbons (Fsp3) is 0.500. The van der Waals surface area contributed by atoms with Crippen LogP contribution >= 0.6 is 11.6 Å². The van der Waals surface area contributed by atoms with E-state index in [1.54, 1.807) is 12.1 Å². The third kappa shape index (κ3) is 2.49. The molecule has 1 aliphatic rings. The van der Waals surface area contributed by atoms with Crippen LogP contribution < -0.4 is 15.9 Å². The van der Waals surface area contributed by atoms with Gasteiger partial charge in [0.05, 0.1) is 12.7 Å². The van der Waals surface area contributed by atoms with Gasteiger partial charge in [0.2, 0.25) is 0 Å². The predicted molar refractivity (Wildman–Crippen MR) is 72.3 cm³/mol. The molecular formula is C12H17BClNO3. The average molecular weight is 270 g/mol. The van der Waals surface area contributed by atoms with Gasteiger partial charge in [-0.3, -0.25) is 0 Å². The molecule has 1 atom stereocenters. The minimum absolute atomic E-state index is 0.280. The molecule has 0 saturated carbocycles. The lowest BCUT2D eigenvalue weighted by Crippen LogP contribution is -2.30. The average Bonchev–Trinajstić information content (AvgIpc) is 2.71. The highest BCUT2D eigenvalue weighted by Crippen LogP contribution is 2.32. The standard InChI is InChI=1S/C12H17BClNO3/c1-2-3-6-17-9-5-4-8(14)11-10(7-15)18-13(16)12(9)11/h4-5,10,16H,2-3,6-7,15H2,1H3/t10-/m1/s1. The van der Waals surface area contributed by atoms with Crippen LogP contribution in [0.4, 0.5) is 0 Å². The summed E-state index contributed by atoms with van der Waals surface area (Å²) in [5, 5.41) is 10.5. The Kier molecular flexibility index (Phi) is 4.51. The first-order valence-corrected chi connectivity index (χ1v) is 6.55. The summed E-state index contributed by atoms with van der Waals surface area (Å²) in [5.74, 6) is 0.631. The zero-order valence-electron chi connectivity index (χ0n) is 10.4. The zero-order valence-corrected chi connectivity index (χ0v) is 11.1. The molecule has 0 unspecified atom stereocenters. The number of rotatable bonds is 5. The van der Waals surface area contributed by atoms with Crippen molar-refractivity contribution < 1.29 is 14.4 Å². The lowest BCUT2D eigenvalue weighted by molar-refractivity contribution is 0.198. The number of fused-ring (bicyclic) bond motifs is 1. The van der Waals surface area contributed by atoms with E-state index in [-0.39, 0.29) is 12.6 Å². The molecule has 0 fully saturated rings. The molecule has 1 aromatic carbocycles. The Morgan fingerprint density at radius 2 is 2.33 bits per heavy atom. The van der Waals surface area contributed by atoms with Gasteiger partial charge in [-0.2, -0.15) is 0 Å². The summed E-state index contributed by atoms with van der Waals surface area (Å²) in [7, 11) is -1.01. The molecule has 0 spiro atoms. The second-order valence-electron chi connectivity index (χ2n) is 4.29. The zero-order chi connectivity index (χ0) is 13.1. The monoisotopic (exact) mass is 269 g/mol. The molecule has 4 nitrogen and oxygen atoms in total. The largest absolute Gasteiger partial charge is 0.495 e. The van der Waals surface area contributed by atoms with E-state index in [1.807, 2.05) is 0 Å². The van der Waals surface area contributed by atoms with Crippen LogP contribution in [-0.4, -0.2) is 25.3 Å². The van der Waals surface area contributed by atoms with Crippen molar-refractivity contribution in [1.82, 2.24) is 0 Å². The second kappa shape index (κ2) is 5.93. The minimum Gasteiger partial charge on any atom is -0.494 e. The first-order chi connectivity index (χ1) is 8.69. The van der Waals surface area contributed by atoms with Crippen LogP contribution in [0, 0.1) is 0 Å². The minimum atomic E-state index is -1.01. The first-order valence-electron chi connectivity index (χ1n) is 6.17. The molecule has 98 valence electrons. The number of nitrogens with two attached hydrogens (primary N) is 1. The molecule has 2 rings (SSSR count). The molecular weight excluding hydrogens is 252 g/mol. The normalized spacial score (nSPS) is 18.0. The van der Waals surface area contributed by atoms with E-state index in [0.717, 1.165) is 18.4 Å². The van der Waals surface area contributed by atoms with E-state index in [9.17, 15) is 5.02 Å². The van der Waals surface area contributed by atoms with E-state index in [1.165, 1.54) is 0 Å². The maximum Gasteiger partial charge on any atom is 0.495 e. The Hall–Kier alpha value is -0.745. The van der Waals surface area contributed by atoms with Crippen molar-refractivity contribution in [2.24, 2.45) is 5.73 Å². The first kappa shape index (κ1) is 13.7. The maximum atomic E-state index is 9.93. The van der Waals surface area contributed by atoms with Crippen LogP contribution in [0.1, 0.15) is 31.4 Å². The molecule has 0 aromatic heterocycles. The quantitative estimate of drug-likeness (QED) is 0.623. The van der Waals surface area contributed by atoms with Gasteiger partial charge in [0.1, 0.15) is 5.75 Å². The molecule has 0 aliphatic carbocycles. The van der Waals surface area contributed by atoms with Gasteiger partial charge in [-0.15, -0.1) is 0 Å². The van der Waals surface area contributed by atoms with Gasteiger partial charge in [0, 0.05) is 22.6 Å². The van der Waals surface area contributed by atoms with Gasteiger partial charge in [0.25, 0.3) is 0 Å². The van der Waals surface area contributed by atoms with Crippen molar-refractivity contribution in [1.29, 1.82) is 0 Å². The Morgan fingerprint density at radius 1 is 1.56 bits per heavy atom. The molecule has 0 bridgehead atoms. The molecule has 6 heteroatoms. The van der Waals surface area contributed by atoms with Gasteiger partial charge >= 0.3 is 7.12 Å². The third-order valence-corrected chi connectivity index (χ3v) is 3.36. The lowest BCUT2D eigenvalue weighted by atomic mass is 9.78. The van der Waals surface area contributed by atoms with Crippen LogP contribution in [-0.2, 0) is 4.65 Å². The van der Waals surface area contributed by atoms with Crippen molar-refractivity contribution in [3.8, 4) is 5.75 Å². The smallest absolute Gasteiger partial charge is 0.494 e. The van der Waals surface area contributed by atoms with Crippen molar-refractivity contribution in [2.75, 3.05) is 13.2 Å². The van der Waals surface area contributed by atoms with Crippen molar-refractivity contribution in [2.45, 2.75) is 25.9 Å². The summed E-state index contributed by atoms with van der Waals surface area (Å²) in [4.78, 5) is 0. The Balaban J connectivity index is 2.31. The summed E-state index contributed by atoms with van der Waals surface area (Å²) >= 11 is 6.14. The van der Waals surface area contributed by atoms with Crippen LogP contribution in [0.5, 0.6) is 5.75 Å². The molecule has 1 aromatic rings. The molecule has 18 heavy (non-hydrogen) atoms. The highest BCUT2D eigenvalue weighted by molar-refractivity contribution is 6.63. The summed E-state index contributed by atoms with van der Waals surface area (Å²) in [6.07, 6.45) is 1.66. The van der Waals surface area contributed by atoms with Crippen LogP contribution in [0.25, 0.3) is 0 Å². The summed E-state index contributed by atoms with van der Waals surface area (Å²) < 4.78 is 11.0. The highest BCUT2D eigenvalue weighted by atomic mass is 35.5. The number of benzene rings is 1. The molecule has 1 heterocycles. The van der Waals surface area contributed by atoms with E-state index >= 15 is 0 Å². The summed E-state index contributed by atoms with van der Waals surface area (Å²) in [6, 6.07) is 3.52. The SMILES string of the molecule is CCCCOc1ccc(Cl)c2c1B(O)O[C@@H]2CN. The van der Waals surface area contributed by atoms with Gasteiger partial charge in [-0.25, -0.2) is 0 Å². The Labute approximate surface area is 112 Å². The predicted octanol–water partition coefficient (Wildman–Crippen LogP) is 1.24. The van der Waals surface area contributed by atoms with Crippen LogP contribution in [0.3, 0.4) is 0 Å². The molecule has 1 aliphatic heterocycles. The second-order valence-corrected chi connectivity index (χ2v) is 4.69. The number of ether oxygens (including phenoxy) is 1. The van der Waals surface area contributed by atoms with E-state index in [4.69, 9.17) is 26.7 Å². The highest BCUT2D eigenvalue weighted by Gasteiger charge is 2.39. The van der Waals surface area contributed by atoms with Crippen molar-refractivity contribution in [3.63, 3.8) is 0 Å². The number of hydrogen-bond donors (Lipinski definition) is 2. The van der Waals surface area contributed by atoms with Crippen molar-refractivity contribution >= 4 is 24.2 Å². The van der Waals surface area contributed by atoms with E-state index in [0.29, 0.717) is 22.8 Å². The Morgan fingerprint density at radius 3 is 3.00 bits per heavy atom. The molecule has 0 saturated heterocycles. The van der Waals surface area contributed by atoms with Gasteiger partial charge < -0.3 is 20.1 Å². The van der Waals surface area contributed by atoms with E-state index in [2.05, 4.69) is 6.92 Å². The lowest BCUT2D eigenvalue weighted by Gasteiger charge is -2.13. The number of unbranched alkanes of at least 4 members (excludes halogenated alkanes) is 1. The summed E-state index contributed by atoms with van der Waals surface area (Å²) in [6.45, 7) is 2.99. The van der Waals surface area contributed by atoms with Gasteiger partial charge in [-0.05, 0) is 18.6 Å². The van der Waals surface area contributed by atoms with Crippen LogP contribution in [0.2, 0.25) is 5.02 Å². The van der Waals surface area contributed by atoms with Gasteiger partial charge in [0.15, 0.2) is 0 Å². The molecule has 0 amide bonds.